The smallest absolute Gasteiger partial charge is 0.140 e. The van der Waals surface area contributed by atoms with E-state index in [-0.39, 0.29) is 0 Å². The van der Waals surface area contributed by atoms with E-state index in [9.17, 15) is 0 Å². The van der Waals surface area contributed by atoms with Gasteiger partial charge in [-0.3, -0.25) is 0 Å². The molecule has 0 atom stereocenters. The van der Waals surface area contributed by atoms with Crippen LogP contribution in [0.3, 0.4) is 0 Å². The maximum absolute atomic E-state index is 8.75. The first-order chi connectivity index (χ1) is 8.74. The van der Waals surface area contributed by atoms with Gasteiger partial charge >= 0.3 is 0 Å². The predicted molar refractivity (Wildman–Crippen MR) is 72.8 cm³/mol. The maximum atomic E-state index is 8.75. The van der Waals surface area contributed by atoms with E-state index in [1.807, 2.05) is 18.2 Å². The van der Waals surface area contributed by atoms with Gasteiger partial charge in [0.05, 0.1) is 11.9 Å². The van der Waals surface area contributed by atoms with Crippen LogP contribution in [0.15, 0.2) is 42.6 Å². The summed E-state index contributed by atoms with van der Waals surface area (Å²) in [6.07, 6.45) is 1.74. The first-order valence-corrected chi connectivity index (χ1v) is 5.95. The van der Waals surface area contributed by atoms with Crippen molar-refractivity contribution >= 4 is 11.4 Å². The number of hydrogen-bond donors (Lipinski definition) is 0. The van der Waals surface area contributed by atoms with Crippen LogP contribution in [0, 0.1) is 18.3 Å². The zero-order chi connectivity index (χ0) is 13.0. The monoisotopic (exact) mass is 237 g/mol. The van der Waals surface area contributed by atoms with Crippen LogP contribution in [0.1, 0.15) is 18.2 Å². The maximum Gasteiger partial charge on any atom is 0.140 e. The quantitative estimate of drug-likeness (QED) is 0.821. The van der Waals surface area contributed by atoms with Crippen molar-refractivity contribution in [1.82, 2.24) is 4.98 Å². The van der Waals surface area contributed by atoms with Gasteiger partial charge in [-0.1, -0.05) is 12.1 Å². The van der Waals surface area contributed by atoms with Crippen molar-refractivity contribution in [3.8, 4) is 6.07 Å². The Bertz CT molecular complexity index is 567. The summed E-state index contributed by atoms with van der Waals surface area (Å²) < 4.78 is 0. The summed E-state index contributed by atoms with van der Waals surface area (Å²) in [5, 5.41) is 8.75. The number of aromatic nitrogens is 1. The third-order valence-electron chi connectivity index (χ3n) is 2.80. The molecule has 90 valence electrons. The highest BCUT2D eigenvalue weighted by Crippen LogP contribution is 2.25. The average Bonchev–Trinajstić information content (AvgIpc) is 2.40. The van der Waals surface area contributed by atoms with E-state index >= 15 is 0 Å². The Balaban J connectivity index is 2.36. The van der Waals surface area contributed by atoms with E-state index < -0.39 is 0 Å². The molecule has 0 fully saturated rings. The van der Waals surface area contributed by atoms with Crippen LogP contribution in [-0.2, 0) is 0 Å². The second-order valence-corrected chi connectivity index (χ2v) is 4.10. The lowest BCUT2D eigenvalue weighted by molar-refractivity contribution is 1.01. The summed E-state index contributed by atoms with van der Waals surface area (Å²) in [6, 6.07) is 14.0. The normalized spacial score (nSPS) is 9.83. The molecule has 0 aliphatic heterocycles. The Kier molecular flexibility index (Phi) is 3.59. The van der Waals surface area contributed by atoms with Gasteiger partial charge in [-0.05, 0) is 43.7 Å². The second-order valence-electron chi connectivity index (χ2n) is 4.10. The van der Waals surface area contributed by atoms with Crippen LogP contribution in [0.25, 0.3) is 0 Å². The van der Waals surface area contributed by atoms with Crippen molar-refractivity contribution in [1.29, 1.82) is 5.26 Å². The van der Waals surface area contributed by atoms with E-state index in [4.69, 9.17) is 5.26 Å². The van der Waals surface area contributed by atoms with Gasteiger partial charge in [-0.15, -0.1) is 0 Å². The Morgan fingerprint density at radius 3 is 2.61 bits per heavy atom. The second kappa shape index (κ2) is 5.33. The average molecular weight is 237 g/mol. The molecule has 3 heteroatoms. The first-order valence-electron chi connectivity index (χ1n) is 5.95. The lowest BCUT2D eigenvalue weighted by Crippen LogP contribution is -2.16. The zero-order valence-corrected chi connectivity index (χ0v) is 10.6. The SMILES string of the molecule is CCN(c1ccc(C#N)nc1)c1cccc(C)c1. The lowest BCUT2D eigenvalue weighted by atomic mass is 10.2. The first kappa shape index (κ1) is 12.1. The van der Waals surface area contributed by atoms with Gasteiger partial charge in [-0.25, -0.2) is 4.98 Å². The molecule has 2 rings (SSSR count). The van der Waals surface area contributed by atoms with Crippen LogP contribution in [0.2, 0.25) is 0 Å². The molecule has 0 bridgehead atoms. The molecule has 18 heavy (non-hydrogen) atoms. The molecule has 0 unspecified atom stereocenters. The molecule has 0 aliphatic carbocycles. The molecule has 0 radical (unpaired) electrons. The van der Waals surface area contributed by atoms with Gasteiger partial charge in [0.25, 0.3) is 0 Å². The van der Waals surface area contributed by atoms with Crippen LogP contribution in [0.4, 0.5) is 11.4 Å². The number of aryl methyl sites for hydroxylation is 1. The van der Waals surface area contributed by atoms with Gasteiger partial charge in [0.2, 0.25) is 0 Å². The summed E-state index contributed by atoms with van der Waals surface area (Å²) >= 11 is 0. The van der Waals surface area contributed by atoms with Crippen LogP contribution in [-0.4, -0.2) is 11.5 Å². The lowest BCUT2D eigenvalue weighted by Gasteiger charge is -2.23. The molecular weight excluding hydrogens is 222 g/mol. The molecule has 1 aromatic carbocycles. The van der Waals surface area contributed by atoms with E-state index in [0.717, 1.165) is 17.9 Å². The Hall–Kier alpha value is -2.34. The fourth-order valence-electron chi connectivity index (χ4n) is 1.92. The van der Waals surface area contributed by atoms with Crippen LogP contribution >= 0.6 is 0 Å². The van der Waals surface area contributed by atoms with Crippen molar-refractivity contribution < 1.29 is 0 Å². The molecule has 0 amide bonds. The third kappa shape index (κ3) is 2.49. The number of nitriles is 1. The van der Waals surface area contributed by atoms with E-state index in [1.165, 1.54) is 5.56 Å². The van der Waals surface area contributed by atoms with Gasteiger partial charge in [0.1, 0.15) is 11.8 Å². The van der Waals surface area contributed by atoms with E-state index in [0.29, 0.717) is 5.69 Å². The molecule has 1 heterocycles. The fourth-order valence-corrected chi connectivity index (χ4v) is 1.92. The highest BCUT2D eigenvalue weighted by atomic mass is 15.1. The van der Waals surface area contributed by atoms with Gasteiger partial charge in [0.15, 0.2) is 0 Å². The molecule has 0 saturated carbocycles. The Morgan fingerprint density at radius 1 is 1.22 bits per heavy atom. The van der Waals surface area contributed by atoms with Gasteiger partial charge in [0, 0.05) is 12.2 Å². The minimum atomic E-state index is 0.444. The predicted octanol–water partition coefficient (Wildman–Crippen LogP) is 3.42. The van der Waals surface area contributed by atoms with Gasteiger partial charge in [-0.2, -0.15) is 5.26 Å². The largest absolute Gasteiger partial charge is 0.341 e. The highest BCUT2D eigenvalue weighted by Gasteiger charge is 2.07. The molecular formula is C15H15N3. The van der Waals surface area contributed by atoms with E-state index in [2.05, 4.69) is 41.9 Å². The summed E-state index contributed by atoms with van der Waals surface area (Å²) in [4.78, 5) is 6.28. The molecule has 3 nitrogen and oxygen atoms in total. The molecule has 0 saturated heterocycles. The van der Waals surface area contributed by atoms with Crippen LogP contribution in [0.5, 0.6) is 0 Å². The molecule has 1 aromatic heterocycles. The molecule has 0 N–H and O–H groups in total. The minimum absolute atomic E-state index is 0.444. The number of rotatable bonds is 3. The third-order valence-corrected chi connectivity index (χ3v) is 2.80. The summed E-state index contributed by atoms with van der Waals surface area (Å²) in [5.74, 6) is 0. The highest BCUT2D eigenvalue weighted by molar-refractivity contribution is 5.63. The van der Waals surface area contributed by atoms with E-state index in [1.54, 1.807) is 12.3 Å². The van der Waals surface area contributed by atoms with Crippen molar-refractivity contribution in [2.24, 2.45) is 0 Å². The minimum Gasteiger partial charge on any atom is -0.341 e. The fraction of sp³-hybridized carbons (Fsp3) is 0.200. The number of anilines is 2. The topological polar surface area (TPSA) is 39.9 Å². The number of hydrogen-bond acceptors (Lipinski definition) is 3. The summed E-state index contributed by atoms with van der Waals surface area (Å²) in [7, 11) is 0. The Labute approximate surface area is 107 Å². The van der Waals surface area contributed by atoms with Gasteiger partial charge < -0.3 is 4.90 Å². The van der Waals surface area contributed by atoms with Crippen molar-refractivity contribution in [2.45, 2.75) is 13.8 Å². The number of benzene rings is 1. The summed E-state index contributed by atoms with van der Waals surface area (Å²) in [5.41, 5.74) is 3.82. The molecule has 2 aromatic rings. The van der Waals surface area contributed by atoms with Crippen molar-refractivity contribution in [2.75, 3.05) is 11.4 Å². The van der Waals surface area contributed by atoms with Crippen LogP contribution < -0.4 is 4.90 Å². The molecule has 0 spiro atoms. The van der Waals surface area contributed by atoms with Crippen molar-refractivity contribution in [3.63, 3.8) is 0 Å². The molecule has 0 aliphatic rings. The standard InChI is InChI=1S/C15H15N3/c1-3-18(14-6-4-5-12(2)9-14)15-8-7-13(10-16)17-11-15/h4-9,11H,3H2,1-2H3. The van der Waals surface area contributed by atoms with Crippen molar-refractivity contribution in [3.05, 3.63) is 53.9 Å². The summed E-state index contributed by atoms with van der Waals surface area (Å²) in [6.45, 7) is 5.03. The Morgan fingerprint density at radius 2 is 2.06 bits per heavy atom. The zero-order valence-electron chi connectivity index (χ0n) is 10.6. The number of nitrogens with zero attached hydrogens (tertiary/aromatic N) is 3. The number of pyridine rings is 1.